The highest BCUT2D eigenvalue weighted by atomic mass is 16.2. The van der Waals surface area contributed by atoms with Gasteiger partial charge >= 0.3 is 0 Å². The lowest BCUT2D eigenvalue weighted by Crippen LogP contribution is -2.49. The number of nitrogens with one attached hydrogen (secondary N) is 2. The molecule has 2 unspecified atom stereocenters. The fourth-order valence-electron chi connectivity index (χ4n) is 5.50. The van der Waals surface area contributed by atoms with Gasteiger partial charge < -0.3 is 25.0 Å². The van der Waals surface area contributed by atoms with Crippen LogP contribution in [-0.2, 0) is 0 Å². The van der Waals surface area contributed by atoms with Crippen LogP contribution in [0.4, 0.5) is 17.5 Å². The van der Waals surface area contributed by atoms with Crippen molar-refractivity contribution in [3.8, 4) is 0 Å². The van der Waals surface area contributed by atoms with E-state index in [0.717, 1.165) is 55.6 Å². The number of aromatic nitrogens is 4. The van der Waals surface area contributed by atoms with Crippen molar-refractivity contribution >= 4 is 34.4 Å². The molecule has 3 aliphatic rings. The lowest BCUT2D eigenvalue weighted by molar-refractivity contribution is 0.0632. The molecule has 1 saturated carbocycles. The minimum absolute atomic E-state index is 0.0696. The minimum atomic E-state index is 0.0696. The number of piperazine rings is 1. The van der Waals surface area contributed by atoms with Crippen molar-refractivity contribution in [2.75, 3.05) is 36.9 Å². The van der Waals surface area contributed by atoms with Crippen LogP contribution in [0.5, 0.6) is 0 Å². The Morgan fingerprint density at radius 3 is 2.84 bits per heavy atom. The molecular formula is C23H28N8O. The van der Waals surface area contributed by atoms with E-state index in [1.165, 1.54) is 0 Å². The van der Waals surface area contributed by atoms with E-state index in [1.54, 1.807) is 6.20 Å². The molecule has 0 spiro atoms. The van der Waals surface area contributed by atoms with Crippen LogP contribution in [0.1, 0.15) is 42.7 Å². The van der Waals surface area contributed by atoms with Crippen molar-refractivity contribution in [1.82, 2.24) is 29.7 Å². The van der Waals surface area contributed by atoms with Crippen LogP contribution < -0.4 is 15.5 Å². The molecule has 0 radical (unpaired) electrons. The Morgan fingerprint density at radius 1 is 1.16 bits per heavy atom. The van der Waals surface area contributed by atoms with E-state index >= 15 is 0 Å². The molecule has 0 aromatic carbocycles. The Kier molecular flexibility index (Phi) is 4.53. The number of fused-ring (bicyclic) bond motifs is 5. The number of likely N-dealkylation sites (N-methyl/N-ethyl adjacent to an activating group) is 1. The number of hydrogen-bond acceptors (Lipinski definition) is 7. The zero-order valence-electron chi connectivity index (χ0n) is 18.5. The number of carbonyl (C=O) groups is 1. The Bertz CT molecular complexity index is 1170. The number of rotatable bonds is 3. The largest absolute Gasteiger partial charge is 0.367 e. The summed E-state index contributed by atoms with van der Waals surface area (Å²) in [4.78, 5) is 31.0. The molecule has 1 amide bonds. The first-order valence-electron chi connectivity index (χ1n) is 11.4. The van der Waals surface area contributed by atoms with Crippen molar-refractivity contribution in [2.45, 2.75) is 44.3 Å². The third kappa shape index (κ3) is 3.10. The van der Waals surface area contributed by atoms with Gasteiger partial charge in [0, 0.05) is 44.3 Å². The number of amides is 1. The van der Waals surface area contributed by atoms with E-state index in [0.29, 0.717) is 23.5 Å². The highest BCUT2D eigenvalue weighted by molar-refractivity contribution is 5.99. The molecule has 3 atom stereocenters. The maximum Gasteiger partial charge on any atom is 0.270 e. The fourth-order valence-corrected chi connectivity index (χ4v) is 5.50. The molecule has 9 heteroatoms. The van der Waals surface area contributed by atoms with Gasteiger partial charge in [-0.3, -0.25) is 4.79 Å². The maximum atomic E-state index is 12.9. The molecule has 2 aliphatic heterocycles. The third-order valence-corrected chi connectivity index (χ3v) is 7.11. The van der Waals surface area contributed by atoms with E-state index < -0.39 is 0 Å². The van der Waals surface area contributed by atoms with Crippen LogP contribution in [-0.4, -0.2) is 69.1 Å². The van der Waals surface area contributed by atoms with Crippen LogP contribution in [0.3, 0.4) is 0 Å². The molecule has 2 N–H and O–H groups in total. The lowest BCUT2D eigenvalue weighted by Gasteiger charge is -2.36. The molecular weight excluding hydrogens is 404 g/mol. The Hall–Kier alpha value is -3.20. The number of nitrogens with zero attached hydrogens (tertiary/aromatic N) is 6. The first-order valence-corrected chi connectivity index (χ1v) is 11.4. The smallest absolute Gasteiger partial charge is 0.270 e. The van der Waals surface area contributed by atoms with Gasteiger partial charge in [-0.25, -0.2) is 9.97 Å². The van der Waals surface area contributed by atoms with Crippen molar-refractivity contribution in [2.24, 2.45) is 0 Å². The van der Waals surface area contributed by atoms with Gasteiger partial charge in [-0.05, 0) is 44.4 Å². The highest BCUT2D eigenvalue weighted by Crippen LogP contribution is 2.41. The van der Waals surface area contributed by atoms with Gasteiger partial charge in [-0.2, -0.15) is 4.98 Å². The van der Waals surface area contributed by atoms with Gasteiger partial charge in [0.15, 0.2) is 0 Å². The van der Waals surface area contributed by atoms with E-state index in [1.807, 2.05) is 30.3 Å². The van der Waals surface area contributed by atoms with Gasteiger partial charge in [-0.15, -0.1) is 0 Å². The zero-order chi connectivity index (χ0) is 21.8. The molecule has 166 valence electrons. The lowest BCUT2D eigenvalue weighted by atomic mass is 10.1. The van der Waals surface area contributed by atoms with Crippen LogP contribution in [0, 0.1) is 0 Å². The van der Waals surface area contributed by atoms with E-state index in [-0.39, 0.29) is 18.0 Å². The summed E-state index contributed by atoms with van der Waals surface area (Å²) < 4.78 is 2.14. The van der Waals surface area contributed by atoms with Crippen molar-refractivity contribution in [1.29, 1.82) is 0 Å². The summed E-state index contributed by atoms with van der Waals surface area (Å²) >= 11 is 0. The molecule has 9 nitrogen and oxygen atoms in total. The average Bonchev–Trinajstić information content (AvgIpc) is 3.43. The molecule has 1 aliphatic carbocycles. The van der Waals surface area contributed by atoms with Gasteiger partial charge in [0.05, 0.1) is 24.0 Å². The standard InChI is InChI=1S/C23H28N8O/c1-14-13-30(9-8-24-14)16-6-7-20(25-12-16)27-23-26-11-15-10-19-22(32)29(2)17-4-3-5-18(17)31(19)21(15)28-23/h6-7,10-12,14,17-18,24H,3-5,8-9,13H2,1-2H3,(H,25,26,27,28)/t14-,17?,18?/m0/s1. The Morgan fingerprint density at radius 2 is 2.03 bits per heavy atom. The summed E-state index contributed by atoms with van der Waals surface area (Å²) in [6.07, 6.45) is 6.94. The second-order valence-electron chi connectivity index (χ2n) is 9.18. The van der Waals surface area contributed by atoms with Crippen LogP contribution in [0.25, 0.3) is 11.0 Å². The summed E-state index contributed by atoms with van der Waals surface area (Å²) in [5, 5.41) is 7.60. The molecule has 32 heavy (non-hydrogen) atoms. The maximum absolute atomic E-state index is 12.9. The minimum Gasteiger partial charge on any atom is -0.367 e. The molecule has 3 aromatic heterocycles. The normalized spacial score (nSPS) is 25.2. The average molecular weight is 433 g/mol. The first kappa shape index (κ1) is 19.5. The van der Waals surface area contributed by atoms with Crippen LogP contribution in [0.15, 0.2) is 30.6 Å². The Labute approximate surface area is 186 Å². The van der Waals surface area contributed by atoms with Crippen molar-refractivity contribution in [3.63, 3.8) is 0 Å². The molecule has 1 saturated heterocycles. The summed E-state index contributed by atoms with van der Waals surface area (Å²) in [5.41, 5.74) is 2.66. The summed E-state index contributed by atoms with van der Waals surface area (Å²) in [7, 11) is 1.92. The molecule has 3 aromatic rings. The zero-order valence-corrected chi connectivity index (χ0v) is 18.5. The quantitative estimate of drug-likeness (QED) is 0.657. The Balaban J connectivity index is 1.28. The van der Waals surface area contributed by atoms with E-state index in [4.69, 9.17) is 4.98 Å². The first-order chi connectivity index (χ1) is 15.6. The highest BCUT2D eigenvalue weighted by Gasteiger charge is 2.41. The predicted molar refractivity (Wildman–Crippen MR) is 123 cm³/mol. The fraction of sp³-hybridized carbons (Fsp3) is 0.478. The van der Waals surface area contributed by atoms with Gasteiger partial charge in [0.2, 0.25) is 5.95 Å². The molecule has 0 bridgehead atoms. The monoisotopic (exact) mass is 432 g/mol. The topological polar surface area (TPSA) is 91.2 Å². The predicted octanol–water partition coefficient (Wildman–Crippen LogP) is 2.55. The second-order valence-corrected chi connectivity index (χ2v) is 9.18. The SMILES string of the molecule is C[C@H]1CN(c2ccc(Nc3ncc4cc5n(c4n3)C3CCCC3N(C)C5=O)nc2)CCN1. The number of hydrogen-bond donors (Lipinski definition) is 2. The summed E-state index contributed by atoms with van der Waals surface area (Å²) in [5.74, 6) is 1.27. The van der Waals surface area contributed by atoms with E-state index in [2.05, 4.69) is 43.1 Å². The van der Waals surface area contributed by atoms with Crippen molar-refractivity contribution in [3.05, 3.63) is 36.3 Å². The van der Waals surface area contributed by atoms with Gasteiger partial charge in [0.25, 0.3) is 5.91 Å². The summed E-state index contributed by atoms with van der Waals surface area (Å²) in [6.45, 7) is 5.14. The molecule has 2 fully saturated rings. The van der Waals surface area contributed by atoms with Gasteiger partial charge in [0.1, 0.15) is 17.2 Å². The van der Waals surface area contributed by atoms with E-state index in [9.17, 15) is 4.79 Å². The number of anilines is 3. The van der Waals surface area contributed by atoms with Crippen molar-refractivity contribution < 1.29 is 4.79 Å². The second kappa shape index (κ2) is 7.44. The third-order valence-electron chi connectivity index (χ3n) is 7.11. The summed E-state index contributed by atoms with van der Waals surface area (Å²) in [6, 6.07) is 6.98. The molecule has 5 heterocycles. The molecule has 6 rings (SSSR count). The van der Waals surface area contributed by atoms with Gasteiger partial charge in [-0.1, -0.05) is 0 Å². The number of pyridine rings is 1. The van der Waals surface area contributed by atoms with Crippen LogP contribution >= 0.6 is 0 Å². The number of carbonyl (C=O) groups excluding carboxylic acids is 1. The van der Waals surface area contributed by atoms with Crippen LogP contribution in [0.2, 0.25) is 0 Å².